The van der Waals surface area contributed by atoms with Gasteiger partial charge in [-0.25, -0.2) is 4.39 Å². The highest BCUT2D eigenvalue weighted by Gasteiger charge is 2.39. The zero-order valence-corrected chi connectivity index (χ0v) is 7.27. The molecule has 1 aromatic rings. The summed E-state index contributed by atoms with van der Waals surface area (Å²) in [5, 5.41) is 8.81. The van der Waals surface area contributed by atoms with Crippen LogP contribution in [0.5, 0.6) is 0 Å². The summed E-state index contributed by atoms with van der Waals surface area (Å²) in [4.78, 5) is 0. The quantitative estimate of drug-likeness (QED) is 0.703. The molecule has 14 heavy (non-hydrogen) atoms. The van der Waals surface area contributed by atoms with Gasteiger partial charge in [-0.2, -0.15) is 13.2 Å². The Balaban J connectivity index is 3.07. The van der Waals surface area contributed by atoms with E-state index in [4.69, 9.17) is 5.11 Å². The first-order valence-corrected chi connectivity index (χ1v) is 3.82. The molecular formula is C9H8F4O. The fourth-order valence-corrected chi connectivity index (χ4v) is 1.11. The first-order valence-electron chi connectivity index (χ1n) is 3.82. The summed E-state index contributed by atoms with van der Waals surface area (Å²) >= 11 is 0. The zero-order valence-electron chi connectivity index (χ0n) is 7.27. The summed E-state index contributed by atoms with van der Waals surface area (Å²) in [7, 11) is 0. The number of hydrogen-bond acceptors (Lipinski definition) is 1. The molecule has 5 heteroatoms. The Kier molecular flexibility index (Phi) is 2.80. The third-order valence-corrected chi connectivity index (χ3v) is 1.69. The number of benzene rings is 1. The fraction of sp³-hybridized carbons (Fsp3) is 0.333. The largest absolute Gasteiger partial charge is 0.418 e. The van der Waals surface area contributed by atoms with Gasteiger partial charge in [-0.05, 0) is 30.2 Å². The second kappa shape index (κ2) is 3.57. The predicted molar refractivity (Wildman–Crippen MR) is 42.2 cm³/mol. The van der Waals surface area contributed by atoms with Gasteiger partial charge in [0.1, 0.15) is 5.82 Å². The van der Waals surface area contributed by atoms with Crippen molar-refractivity contribution in [3.63, 3.8) is 0 Å². The third-order valence-electron chi connectivity index (χ3n) is 1.69. The summed E-state index contributed by atoms with van der Waals surface area (Å²) in [5.74, 6) is -0.789. The van der Waals surface area contributed by atoms with Crippen molar-refractivity contribution in [3.8, 4) is 0 Å². The molecule has 0 bridgehead atoms. The first-order chi connectivity index (χ1) is 6.30. The van der Waals surface area contributed by atoms with Crippen LogP contribution in [0.2, 0.25) is 0 Å². The van der Waals surface area contributed by atoms with Crippen LogP contribution in [-0.4, -0.2) is 11.3 Å². The maximum atomic E-state index is 12.7. The van der Waals surface area contributed by atoms with Crippen LogP contribution in [0.15, 0.2) is 18.2 Å². The van der Waals surface area contributed by atoms with Crippen molar-refractivity contribution in [1.82, 2.24) is 0 Å². The van der Waals surface area contributed by atoms with E-state index in [1.165, 1.54) is 6.92 Å². The number of aliphatic hydroxyl groups excluding tert-OH is 1. The number of hydrogen-bond donors (Lipinski definition) is 1. The van der Waals surface area contributed by atoms with Gasteiger partial charge in [0.2, 0.25) is 0 Å². The molecule has 1 atom stereocenters. The van der Waals surface area contributed by atoms with E-state index in [1.807, 2.05) is 0 Å². The molecule has 1 nitrogen and oxygen atoms in total. The topological polar surface area (TPSA) is 20.2 Å². The Hall–Kier alpha value is -1.10. The van der Waals surface area contributed by atoms with Crippen molar-refractivity contribution < 1.29 is 22.7 Å². The maximum Gasteiger partial charge on any atom is 0.418 e. The monoisotopic (exact) mass is 208 g/mol. The molecule has 0 saturated heterocycles. The van der Waals surface area contributed by atoms with Crippen LogP contribution in [-0.2, 0) is 0 Å². The molecule has 0 radical (unpaired) electrons. The number of rotatable bonds is 1. The van der Waals surface area contributed by atoms with Crippen molar-refractivity contribution in [3.05, 3.63) is 35.1 Å². The maximum absolute atomic E-state index is 12.7. The molecule has 1 unspecified atom stereocenters. The summed E-state index contributed by atoms with van der Waals surface area (Å²) < 4.78 is 48.8. The van der Waals surface area contributed by atoms with Gasteiger partial charge in [0, 0.05) is 0 Å². The number of aryl methyl sites for hydroxylation is 1. The molecule has 0 aliphatic carbocycles. The molecule has 0 heterocycles. The smallest absolute Gasteiger partial charge is 0.379 e. The Morgan fingerprint density at radius 3 is 2.21 bits per heavy atom. The van der Waals surface area contributed by atoms with Crippen molar-refractivity contribution in [2.45, 2.75) is 19.2 Å². The van der Waals surface area contributed by atoms with Crippen LogP contribution in [0.3, 0.4) is 0 Å². The second-order valence-electron chi connectivity index (χ2n) is 3.01. The fourth-order valence-electron chi connectivity index (χ4n) is 1.11. The molecule has 0 aliphatic heterocycles. The SMILES string of the molecule is Cc1cc(F)cc(C(O)C(F)(F)F)c1. The Bertz CT molecular complexity index is 312. The zero-order chi connectivity index (χ0) is 10.9. The standard InChI is InChI=1S/C9H8F4O/c1-5-2-6(4-7(10)3-5)8(14)9(11,12)13/h2-4,8,14H,1H3. The van der Waals surface area contributed by atoms with Crippen LogP contribution >= 0.6 is 0 Å². The van der Waals surface area contributed by atoms with Crippen LogP contribution < -0.4 is 0 Å². The Morgan fingerprint density at radius 1 is 1.21 bits per heavy atom. The molecule has 0 spiro atoms. The molecule has 78 valence electrons. The van der Waals surface area contributed by atoms with Gasteiger partial charge in [-0.1, -0.05) is 6.07 Å². The number of alkyl halides is 3. The Labute approximate surface area is 78.0 Å². The van der Waals surface area contributed by atoms with E-state index < -0.39 is 23.7 Å². The van der Waals surface area contributed by atoms with Crippen LogP contribution in [0.1, 0.15) is 17.2 Å². The average molecular weight is 208 g/mol. The van der Waals surface area contributed by atoms with Crippen LogP contribution in [0.25, 0.3) is 0 Å². The van der Waals surface area contributed by atoms with E-state index in [0.29, 0.717) is 11.6 Å². The highest BCUT2D eigenvalue weighted by molar-refractivity contribution is 5.26. The molecule has 0 amide bonds. The lowest BCUT2D eigenvalue weighted by molar-refractivity contribution is -0.206. The molecule has 0 saturated carbocycles. The van der Waals surface area contributed by atoms with E-state index in [-0.39, 0.29) is 0 Å². The molecule has 0 aliphatic rings. The van der Waals surface area contributed by atoms with Crippen LogP contribution in [0.4, 0.5) is 17.6 Å². The lowest BCUT2D eigenvalue weighted by Gasteiger charge is -2.15. The molecular weight excluding hydrogens is 200 g/mol. The minimum absolute atomic E-state index is 0.336. The van der Waals surface area contributed by atoms with Gasteiger partial charge in [-0.3, -0.25) is 0 Å². The van der Waals surface area contributed by atoms with E-state index in [2.05, 4.69) is 0 Å². The average Bonchev–Trinajstić information content (AvgIpc) is 1.99. The van der Waals surface area contributed by atoms with Crippen LogP contribution in [0, 0.1) is 12.7 Å². The van der Waals surface area contributed by atoms with Crippen molar-refractivity contribution >= 4 is 0 Å². The number of halogens is 4. The molecule has 1 rings (SSSR count). The summed E-state index contributed by atoms with van der Waals surface area (Å²) in [6, 6.07) is 2.86. The number of aliphatic hydroxyl groups is 1. The lowest BCUT2D eigenvalue weighted by Crippen LogP contribution is -2.20. The predicted octanol–water partition coefficient (Wildman–Crippen LogP) is 2.73. The highest BCUT2D eigenvalue weighted by Crippen LogP contribution is 2.32. The minimum atomic E-state index is -4.76. The first kappa shape index (κ1) is 11.0. The summed E-state index contributed by atoms with van der Waals surface area (Å²) in [6.07, 6.45) is -7.39. The van der Waals surface area contributed by atoms with E-state index in [0.717, 1.165) is 12.1 Å². The third kappa shape index (κ3) is 2.45. The highest BCUT2D eigenvalue weighted by atomic mass is 19.4. The van der Waals surface area contributed by atoms with Gasteiger partial charge in [0.05, 0.1) is 0 Å². The molecule has 0 fully saturated rings. The van der Waals surface area contributed by atoms with E-state index in [9.17, 15) is 17.6 Å². The summed E-state index contributed by atoms with van der Waals surface area (Å²) in [5.41, 5.74) is -0.140. The van der Waals surface area contributed by atoms with Gasteiger partial charge in [0.25, 0.3) is 0 Å². The van der Waals surface area contributed by atoms with E-state index in [1.54, 1.807) is 0 Å². The minimum Gasteiger partial charge on any atom is -0.379 e. The van der Waals surface area contributed by atoms with E-state index >= 15 is 0 Å². The van der Waals surface area contributed by atoms with Crippen molar-refractivity contribution in [2.24, 2.45) is 0 Å². The van der Waals surface area contributed by atoms with Gasteiger partial charge >= 0.3 is 6.18 Å². The van der Waals surface area contributed by atoms with Crippen molar-refractivity contribution in [1.29, 1.82) is 0 Å². The van der Waals surface area contributed by atoms with Gasteiger partial charge in [0.15, 0.2) is 6.10 Å². The van der Waals surface area contributed by atoms with Crippen molar-refractivity contribution in [2.75, 3.05) is 0 Å². The summed E-state index contributed by atoms with van der Waals surface area (Å²) in [6.45, 7) is 1.45. The second-order valence-corrected chi connectivity index (χ2v) is 3.01. The molecule has 0 aromatic heterocycles. The normalized spacial score (nSPS) is 14.1. The molecule has 1 N–H and O–H groups in total. The Morgan fingerprint density at radius 2 is 1.79 bits per heavy atom. The van der Waals surface area contributed by atoms with Gasteiger partial charge in [-0.15, -0.1) is 0 Å². The molecule has 1 aromatic carbocycles. The van der Waals surface area contributed by atoms with Gasteiger partial charge < -0.3 is 5.11 Å². The lowest BCUT2D eigenvalue weighted by atomic mass is 10.1.